The summed E-state index contributed by atoms with van der Waals surface area (Å²) in [5.74, 6) is 0. The predicted molar refractivity (Wildman–Crippen MR) is 139 cm³/mol. The topological polar surface area (TPSA) is 30.5 Å². The lowest BCUT2D eigenvalue weighted by Crippen LogP contribution is -1.97. The molecule has 0 bridgehead atoms. The van der Waals surface area contributed by atoms with E-state index in [-0.39, 0.29) is 6.29 Å². The summed E-state index contributed by atoms with van der Waals surface area (Å²) in [4.78, 5) is 0. The Morgan fingerprint density at radius 1 is 0.529 bits per heavy atom. The number of ether oxygens (including phenoxy) is 2. The van der Waals surface area contributed by atoms with Crippen molar-refractivity contribution in [1.29, 1.82) is 0 Å². The monoisotopic (exact) mass is 443 g/mol. The van der Waals surface area contributed by atoms with Gasteiger partial charge in [0.2, 0.25) is 0 Å². The Balaban J connectivity index is 1.17. The zero-order valence-corrected chi connectivity index (χ0v) is 18.8. The third-order valence-electron chi connectivity index (χ3n) is 6.31. The standard InChI is InChI=1S/C31H25NO2/c1-2-6-29-26(4-1)5-3-7-30(29)32-28-18-16-25(17-19-28)23-10-8-22(9-11-23)24-12-14-27(15-13-24)31-33-20-21-34-31/h1-19,31-32H,20-21H2. The average molecular weight is 444 g/mol. The second kappa shape index (κ2) is 9.14. The van der Waals surface area contributed by atoms with E-state index in [1.165, 1.54) is 33.0 Å². The predicted octanol–water partition coefficient (Wildman–Crippen LogP) is 7.96. The van der Waals surface area contributed by atoms with Crippen molar-refractivity contribution in [2.24, 2.45) is 0 Å². The third kappa shape index (κ3) is 4.19. The molecule has 1 N–H and O–H groups in total. The van der Waals surface area contributed by atoms with Crippen LogP contribution in [0.15, 0.2) is 115 Å². The van der Waals surface area contributed by atoms with Gasteiger partial charge in [0, 0.05) is 22.3 Å². The Morgan fingerprint density at radius 2 is 1.06 bits per heavy atom. The smallest absolute Gasteiger partial charge is 0.184 e. The Morgan fingerprint density at radius 3 is 1.71 bits per heavy atom. The van der Waals surface area contributed by atoms with Gasteiger partial charge < -0.3 is 14.8 Å². The van der Waals surface area contributed by atoms with E-state index in [9.17, 15) is 0 Å². The number of fused-ring (bicyclic) bond motifs is 1. The van der Waals surface area contributed by atoms with Crippen molar-refractivity contribution >= 4 is 22.1 Å². The highest BCUT2D eigenvalue weighted by molar-refractivity contribution is 5.95. The van der Waals surface area contributed by atoms with Gasteiger partial charge in [0.1, 0.15) is 0 Å². The lowest BCUT2D eigenvalue weighted by atomic mass is 9.99. The lowest BCUT2D eigenvalue weighted by molar-refractivity contribution is -0.0441. The van der Waals surface area contributed by atoms with Crippen molar-refractivity contribution in [3.8, 4) is 22.3 Å². The average Bonchev–Trinajstić information content (AvgIpc) is 3.45. The maximum absolute atomic E-state index is 5.58. The van der Waals surface area contributed by atoms with Gasteiger partial charge in [-0.2, -0.15) is 0 Å². The van der Waals surface area contributed by atoms with E-state index in [2.05, 4.69) is 121 Å². The number of nitrogens with one attached hydrogen (secondary N) is 1. The molecule has 166 valence electrons. The van der Waals surface area contributed by atoms with Crippen molar-refractivity contribution in [3.63, 3.8) is 0 Å². The number of rotatable bonds is 5. The fourth-order valence-electron chi connectivity index (χ4n) is 4.47. The van der Waals surface area contributed by atoms with Crippen LogP contribution in [0.4, 0.5) is 11.4 Å². The molecule has 1 aliphatic heterocycles. The lowest BCUT2D eigenvalue weighted by Gasteiger charge is -2.11. The Labute approximate surface area is 199 Å². The Kier molecular flexibility index (Phi) is 5.56. The minimum atomic E-state index is -0.227. The van der Waals surface area contributed by atoms with Gasteiger partial charge in [-0.15, -0.1) is 0 Å². The van der Waals surface area contributed by atoms with Crippen LogP contribution in [0.1, 0.15) is 11.9 Å². The van der Waals surface area contributed by atoms with Crippen molar-refractivity contribution in [1.82, 2.24) is 0 Å². The summed E-state index contributed by atoms with van der Waals surface area (Å²) in [6.45, 7) is 1.32. The normalized spacial score (nSPS) is 13.9. The fraction of sp³-hybridized carbons (Fsp3) is 0.0968. The Bertz CT molecular complexity index is 1400. The SMILES string of the molecule is c1ccc2c(Nc3ccc(-c4ccc(-c5ccc(C6OCCO6)cc5)cc4)cc3)cccc2c1. The van der Waals surface area contributed by atoms with Crippen LogP contribution in [0.25, 0.3) is 33.0 Å². The molecular weight excluding hydrogens is 418 g/mol. The van der Waals surface area contributed by atoms with Gasteiger partial charge in [-0.1, -0.05) is 97.1 Å². The van der Waals surface area contributed by atoms with E-state index in [1.54, 1.807) is 0 Å². The highest BCUT2D eigenvalue weighted by Gasteiger charge is 2.17. The minimum Gasteiger partial charge on any atom is -0.355 e. The molecule has 0 aliphatic carbocycles. The summed E-state index contributed by atoms with van der Waals surface area (Å²) in [6.07, 6.45) is -0.227. The molecule has 34 heavy (non-hydrogen) atoms. The molecule has 0 spiro atoms. The number of hydrogen-bond acceptors (Lipinski definition) is 3. The van der Waals surface area contributed by atoms with Gasteiger partial charge in [-0.05, 0) is 45.8 Å². The minimum absolute atomic E-state index is 0.227. The summed E-state index contributed by atoms with van der Waals surface area (Å²) in [7, 11) is 0. The highest BCUT2D eigenvalue weighted by atomic mass is 16.7. The molecule has 0 amide bonds. The molecule has 1 saturated heterocycles. The molecule has 5 aromatic rings. The first-order valence-electron chi connectivity index (χ1n) is 11.6. The van der Waals surface area contributed by atoms with Gasteiger partial charge in [-0.25, -0.2) is 0 Å². The molecular formula is C31H25NO2. The second-order valence-electron chi connectivity index (χ2n) is 8.50. The zero-order chi connectivity index (χ0) is 22.7. The molecule has 0 aromatic heterocycles. The van der Waals surface area contributed by atoms with Crippen LogP contribution in [-0.4, -0.2) is 13.2 Å². The van der Waals surface area contributed by atoms with E-state index in [0.29, 0.717) is 13.2 Å². The quantitative estimate of drug-likeness (QED) is 0.299. The van der Waals surface area contributed by atoms with Crippen LogP contribution in [0.3, 0.4) is 0 Å². The first kappa shape index (κ1) is 20.7. The van der Waals surface area contributed by atoms with Gasteiger partial charge in [0.05, 0.1) is 13.2 Å². The third-order valence-corrected chi connectivity index (χ3v) is 6.31. The molecule has 0 saturated carbocycles. The summed E-state index contributed by atoms with van der Waals surface area (Å²) in [5.41, 5.74) is 8.03. The molecule has 1 fully saturated rings. The van der Waals surface area contributed by atoms with E-state index >= 15 is 0 Å². The van der Waals surface area contributed by atoms with Crippen molar-refractivity contribution < 1.29 is 9.47 Å². The first-order valence-corrected chi connectivity index (χ1v) is 11.6. The van der Waals surface area contributed by atoms with Crippen molar-refractivity contribution in [2.75, 3.05) is 18.5 Å². The van der Waals surface area contributed by atoms with Crippen LogP contribution in [-0.2, 0) is 9.47 Å². The summed E-state index contributed by atoms with van der Waals surface area (Å²) in [5, 5.41) is 6.02. The van der Waals surface area contributed by atoms with E-state index in [1.807, 2.05) is 0 Å². The van der Waals surface area contributed by atoms with Crippen LogP contribution >= 0.6 is 0 Å². The van der Waals surface area contributed by atoms with Crippen LogP contribution in [0.2, 0.25) is 0 Å². The maximum atomic E-state index is 5.58. The Hall–Kier alpha value is -3.92. The fourth-order valence-corrected chi connectivity index (χ4v) is 4.47. The molecule has 1 heterocycles. The van der Waals surface area contributed by atoms with Crippen LogP contribution < -0.4 is 5.32 Å². The molecule has 6 rings (SSSR count). The van der Waals surface area contributed by atoms with Gasteiger partial charge >= 0.3 is 0 Å². The second-order valence-corrected chi connectivity index (χ2v) is 8.50. The van der Waals surface area contributed by atoms with Gasteiger partial charge in [0.15, 0.2) is 6.29 Å². The van der Waals surface area contributed by atoms with Crippen molar-refractivity contribution in [3.05, 3.63) is 121 Å². The van der Waals surface area contributed by atoms with Crippen LogP contribution in [0, 0.1) is 0 Å². The summed E-state index contributed by atoms with van der Waals surface area (Å²) >= 11 is 0. The molecule has 3 nitrogen and oxygen atoms in total. The van der Waals surface area contributed by atoms with E-state index in [0.717, 1.165) is 16.9 Å². The number of benzene rings is 5. The molecule has 0 unspecified atom stereocenters. The number of hydrogen-bond donors (Lipinski definition) is 1. The molecule has 3 heteroatoms. The number of anilines is 2. The first-order chi connectivity index (χ1) is 16.8. The van der Waals surface area contributed by atoms with Gasteiger partial charge in [-0.3, -0.25) is 0 Å². The van der Waals surface area contributed by atoms with E-state index < -0.39 is 0 Å². The molecule has 1 aliphatic rings. The van der Waals surface area contributed by atoms with Crippen LogP contribution in [0.5, 0.6) is 0 Å². The largest absolute Gasteiger partial charge is 0.355 e. The van der Waals surface area contributed by atoms with Gasteiger partial charge in [0.25, 0.3) is 0 Å². The zero-order valence-electron chi connectivity index (χ0n) is 18.8. The van der Waals surface area contributed by atoms with Crippen molar-refractivity contribution in [2.45, 2.75) is 6.29 Å². The highest BCUT2D eigenvalue weighted by Crippen LogP contribution is 2.30. The molecule has 0 radical (unpaired) electrons. The summed E-state index contributed by atoms with van der Waals surface area (Å²) < 4.78 is 11.2. The summed E-state index contributed by atoms with van der Waals surface area (Å²) in [6, 6.07) is 40.5. The molecule has 0 atom stereocenters. The van der Waals surface area contributed by atoms with E-state index in [4.69, 9.17) is 9.47 Å². The molecule has 5 aromatic carbocycles. The maximum Gasteiger partial charge on any atom is 0.184 e.